The van der Waals surface area contributed by atoms with Gasteiger partial charge in [-0.25, -0.2) is 17.5 Å². The Kier molecular flexibility index (Phi) is 5.49. The summed E-state index contributed by atoms with van der Waals surface area (Å²) in [6.07, 6.45) is 0.0283. The maximum absolute atomic E-state index is 13.2. The summed E-state index contributed by atoms with van der Waals surface area (Å²) in [6.45, 7) is -0.0525. The van der Waals surface area contributed by atoms with E-state index in [0.29, 0.717) is 0 Å². The minimum absolute atomic E-state index is 0.0283. The Labute approximate surface area is 125 Å². The molecule has 0 aromatic heterocycles. The number of nitrogens with zero attached hydrogens (tertiary/aromatic N) is 1. The van der Waals surface area contributed by atoms with Crippen molar-refractivity contribution in [2.45, 2.75) is 11.3 Å². The van der Waals surface area contributed by atoms with Crippen molar-refractivity contribution in [3.8, 4) is 0 Å². The highest BCUT2D eigenvalue weighted by atomic mass is 79.9. The fraction of sp³-hybridized carbons (Fsp3) is 0.364. The van der Waals surface area contributed by atoms with E-state index < -0.39 is 15.8 Å². The third-order valence-corrected chi connectivity index (χ3v) is 4.89. The molecule has 1 aromatic carbocycles. The van der Waals surface area contributed by atoms with Gasteiger partial charge in [-0.15, -0.1) is 0 Å². The molecule has 0 radical (unpaired) electrons. The Morgan fingerprint density at radius 2 is 2.05 bits per heavy atom. The zero-order chi connectivity index (χ0) is 15.5. The zero-order valence-electron chi connectivity index (χ0n) is 11.0. The lowest BCUT2D eigenvalue weighted by Crippen LogP contribution is -2.30. The number of hydrogen-bond acceptors (Lipinski definition) is 4. The van der Waals surface area contributed by atoms with E-state index in [9.17, 15) is 17.6 Å². The van der Waals surface area contributed by atoms with Crippen LogP contribution < -0.4 is 10.5 Å². The maximum atomic E-state index is 13.2. The number of nitrogen functional groups attached to an aromatic ring is 1. The van der Waals surface area contributed by atoms with Gasteiger partial charge >= 0.3 is 0 Å². The lowest BCUT2D eigenvalue weighted by atomic mass is 10.3. The standard InChI is InChI=1S/C11H15BrFN3O3S/c1-16(2)11(17)3-4-15-20(18,19)10-6-9(14)8(13)5-7(10)12/h5-6,15H,3-4,14H2,1-2H3. The summed E-state index contributed by atoms with van der Waals surface area (Å²) in [4.78, 5) is 12.5. The van der Waals surface area contributed by atoms with Crippen LogP contribution in [0.1, 0.15) is 6.42 Å². The molecule has 0 spiro atoms. The average Bonchev–Trinajstić information content (AvgIpc) is 2.33. The first-order valence-corrected chi connectivity index (χ1v) is 7.87. The molecule has 3 N–H and O–H groups in total. The number of sulfonamides is 1. The van der Waals surface area contributed by atoms with Crippen LogP contribution in [0.5, 0.6) is 0 Å². The van der Waals surface area contributed by atoms with Crippen LogP contribution >= 0.6 is 15.9 Å². The van der Waals surface area contributed by atoms with E-state index >= 15 is 0 Å². The molecule has 20 heavy (non-hydrogen) atoms. The van der Waals surface area contributed by atoms with Crippen molar-refractivity contribution in [2.75, 3.05) is 26.4 Å². The summed E-state index contributed by atoms with van der Waals surface area (Å²) >= 11 is 2.97. The van der Waals surface area contributed by atoms with Gasteiger partial charge in [0, 0.05) is 31.5 Å². The summed E-state index contributed by atoms with van der Waals surface area (Å²) in [5.74, 6) is -0.913. The van der Waals surface area contributed by atoms with Crippen LogP contribution in [0.2, 0.25) is 0 Å². The molecule has 0 saturated carbocycles. The number of benzene rings is 1. The second kappa shape index (κ2) is 6.51. The molecular weight excluding hydrogens is 353 g/mol. The average molecular weight is 368 g/mol. The molecule has 0 unspecified atom stereocenters. The van der Waals surface area contributed by atoms with Crippen LogP contribution in [0.4, 0.5) is 10.1 Å². The number of halogens is 2. The Morgan fingerprint density at radius 3 is 2.60 bits per heavy atom. The van der Waals surface area contributed by atoms with E-state index in [1.165, 1.54) is 4.90 Å². The second-order valence-corrected chi connectivity index (χ2v) is 6.83. The number of rotatable bonds is 5. The first-order chi connectivity index (χ1) is 9.15. The number of amides is 1. The molecule has 6 nitrogen and oxygen atoms in total. The lowest BCUT2D eigenvalue weighted by molar-refractivity contribution is -0.128. The Morgan fingerprint density at radius 1 is 1.45 bits per heavy atom. The van der Waals surface area contributed by atoms with Crippen LogP contribution in [0.3, 0.4) is 0 Å². The molecule has 0 bridgehead atoms. The monoisotopic (exact) mass is 367 g/mol. The van der Waals surface area contributed by atoms with Gasteiger partial charge in [0.2, 0.25) is 15.9 Å². The molecule has 0 aliphatic heterocycles. The van der Waals surface area contributed by atoms with Crippen molar-refractivity contribution in [3.63, 3.8) is 0 Å². The Hall–Kier alpha value is -1.19. The van der Waals surface area contributed by atoms with Crippen LogP contribution in [-0.2, 0) is 14.8 Å². The molecule has 112 valence electrons. The van der Waals surface area contributed by atoms with E-state index in [2.05, 4.69) is 20.7 Å². The summed E-state index contributed by atoms with van der Waals surface area (Å²) in [5, 5.41) is 0. The van der Waals surface area contributed by atoms with Crippen molar-refractivity contribution >= 4 is 37.5 Å². The first kappa shape index (κ1) is 16.9. The van der Waals surface area contributed by atoms with E-state index in [-0.39, 0.29) is 33.9 Å². The number of nitrogens with two attached hydrogens (primary N) is 1. The van der Waals surface area contributed by atoms with Crippen molar-refractivity contribution in [2.24, 2.45) is 0 Å². The van der Waals surface area contributed by atoms with Gasteiger partial charge in [-0.05, 0) is 28.1 Å². The molecular formula is C11H15BrFN3O3S. The minimum atomic E-state index is -3.87. The van der Waals surface area contributed by atoms with Gasteiger partial charge in [-0.3, -0.25) is 4.79 Å². The van der Waals surface area contributed by atoms with Gasteiger partial charge in [-0.2, -0.15) is 0 Å². The SMILES string of the molecule is CN(C)C(=O)CCNS(=O)(=O)c1cc(N)c(F)cc1Br. The highest BCUT2D eigenvalue weighted by molar-refractivity contribution is 9.10. The highest BCUT2D eigenvalue weighted by Crippen LogP contribution is 2.26. The van der Waals surface area contributed by atoms with Crippen LogP contribution in [-0.4, -0.2) is 39.9 Å². The minimum Gasteiger partial charge on any atom is -0.396 e. The van der Waals surface area contributed by atoms with Crippen molar-refractivity contribution in [1.82, 2.24) is 9.62 Å². The smallest absolute Gasteiger partial charge is 0.241 e. The second-order valence-electron chi connectivity index (χ2n) is 4.24. The topological polar surface area (TPSA) is 92.5 Å². The number of anilines is 1. The van der Waals surface area contributed by atoms with Gasteiger partial charge in [0.15, 0.2) is 0 Å². The molecule has 0 aliphatic carbocycles. The molecule has 1 amide bonds. The summed E-state index contributed by atoms with van der Waals surface area (Å²) in [7, 11) is -0.711. The maximum Gasteiger partial charge on any atom is 0.241 e. The molecule has 0 saturated heterocycles. The van der Waals surface area contributed by atoms with Gasteiger partial charge in [0.1, 0.15) is 5.82 Å². The van der Waals surface area contributed by atoms with Gasteiger partial charge in [0.25, 0.3) is 0 Å². The van der Waals surface area contributed by atoms with Crippen LogP contribution in [0, 0.1) is 5.82 Å². The molecule has 0 aliphatic rings. The lowest BCUT2D eigenvalue weighted by Gasteiger charge is -2.12. The van der Waals surface area contributed by atoms with E-state index in [4.69, 9.17) is 5.73 Å². The summed E-state index contributed by atoms with van der Waals surface area (Å²) < 4.78 is 39.6. The van der Waals surface area contributed by atoms with E-state index in [1.54, 1.807) is 14.1 Å². The number of carbonyl (C=O) groups is 1. The normalized spacial score (nSPS) is 11.4. The molecule has 0 atom stereocenters. The Balaban J connectivity index is 2.85. The number of nitrogens with one attached hydrogen (secondary N) is 1. The molecule has 9 heteroatoms. The van der Waals surface area contributed by atoms with Gasteiger partial charge in [0.05, 0.1) is 10.6 Å². The molecule has 0 heterocycles. The van der Waals surface area contributed by atoms with Gasteiger partial charge < -0.3 is 10.6 Å². The van der Waals surface area contributed by atoms with E-state index in [0.717, 1.165) is 12.1 Å². The number of hydrogen-bond donors (Lipinski definition) is 2. The molecule has 1 rings (SSSR count). The third-order valence-electron chi connectivity index (χ3n) is 2.47. The third kappa shape index (κ3) is 4.15. The predicted molar refractivity (Wildman–Crippen MR) is 77.0 cm³/mol. The zero-order valence-corrected chi connectivity index (χ0v) is 13.4. The van der Waals surface area contributed by atoms with Crippen molar-refractivity contribution in [3.05, 3.63) is 22.4 Å². The number of carbonyl (C=O) groups excluding carboxylic acids is 1. The summed E-state index contributed by atoms with van der Waals surface area (Å²) in [6, 6.07) is 2.00. The first-order valence-electron chi connectivity index (χ1n) is 5.59. The van der Waals surface area contributed by atoms with Crippen molar-refractivity contribution in [1.29, 1.82) is 0 Å². The predicted octanol–water partition coefficient (Wildman–Crippen LogP) is 0.927. The quantitative estimate of drug-likeness (QED) is 0.757. The fourth-order valence-electron chi connectivity index (χ4n) is 1.34. The molecule has 1 aromatic rings. The van der Waals surface area contributed by atoms with E-state index in [1.807, 2.05) is 0 Å². The largest absolute Gasteiger partial charge is 0.396 e. The van der Waals surface area contributed by atoms with Crippen molar-refractivity contribution < 1.29 is 17.6 Å². The van der Waals surface area contributed by atoms with Gasteiger partial charge in [-0.1, -0.05) is 0 Å². The summed E-state index contributed by atoms with van der Waals surface area (Å²) in [5.41, 5.74) is 5.09. The molecule has 0 fully saturated rings. The van der Waals surface area contributed by atoms with Crippen LogP contribution in [0.25, 0.3) is 0 Å². The van der Waals surface area contributed by atoms with Crippen LogP contribution in [0.15, 0.2) is 21.5 Å². The fourth-order valence-corrected chi connectivity index (χ4v) is 3.42. The highest BCUT2D eigenvalue weighted by Gasteiger charge is 2.20. The Bertz CT molecular complexity index is 620.